The zero-order chi connectivity index (χ0) is 12.5. The molecule has 1 atom stereocenters. The summed E-state index contributed by atoms with van der Waals surface area (Å²) in [5.41, 5.74) is 7.46. The first-order valence-corrected chi connectivity index (χ1v) is 6.80. The lowest BCUT2D eigenvalue weighted by Crippen LogP contribution is -2.29. The minimum Gasteiger partial charge on any atom is -0.324 e. The molecular formula is C15H26N2. The lowest BCUT2D eigenvalue weighted by atomic mass is 10.0. The van der Waals surface area contributed by atoms with E-state index in [0.717, 1.165) is 13.0 Å². The van der Waals surface area contributed by atoms with Gasteiger partial charge >= 0.3 is 0 Å². The van der Waals surface area contributed by atoms with Gasteiger partial charge in [-0.05, 0) is 44.5 Å². The minimum atomic E-state index is 0.174. The molecule has 0 bridgehead atoms. The fourth-order valence-corrected chi connectivity index (χ4v) is 2.16. The molecule has 2 N–H and O–H groups in total. The van der Waals surface area contributed by atoms with Gasteiger partial charge in [0.05, 0.1) is 0 Å². The second-order valence-electron chi connectivity index (χ2n) is 4.65. The van der Waals surface area contributed by atoms with Crippen molar-refractivity contribution in [2.45, 2.75) is 39.2 Å². The Morgan fingerprint density at radius 1 is 1.00 bits per heavy atom. The first-order valence-electron chi connectivity index (χ1n) is 6.80. The molecule has 0 aliphatic rings. The summed E-state index contributed by atoms with van der Waals surface area (Å²) < 4.78 is 0. The van der Waals surface area contributed by atoms with Crippen molar-refractivity contribution in [1.82, 2.24) is 4.90 Å². The number of nitrogens with zero attached hydrogens (tertiary/aromatic N) is 1. The fraction of sp³-hybridized carbons (Fsp3) is 0.600. The van der Waals surface area contributed by atoms with E-state index in [1.54, 1.807) is 0 Å². The molecule has 0 saturated carbocycles. The second-order valence-corrected chi connectivity index (χ2v) is 4.65. The van der Waals surface area contributed by atoms with Crippen LogP contribution in [0.2, 0.25) is 0 Å². The van der Waals surface area contributed by atoms with E-state index in [9.17, 15) is 0 Å². The van der Waals surface area contributed by atoms with E-state index < -0.39 is 0 Å². The average molecular weight is 234 g/mol. The SMILES string of the molecule is CCCN(CCC)CCC(N)c1ccccc1. The number of hydrogen-bond acceptors (Lipinski definition) is 2. The highest BCUT2D eigenvalue weighted by atomic mass is 15.1. The van der Waals surface area contributed by atoms with Gasteiger partial charge < -0.3 is 10.6 Å². The molecule has 0 amide bonds. The van der Waals surface area contributed by atoms with Gasteiger partial charge in [0.15, 0.2) is 0 Å². The quantitative estimate of drug-likeness (QED) is 0.748. The monoisotopic (exact) mass is 234 g/mol. The van der Waals surface area contributed by atoms with Crippen molar-refractivity contribution in [1.29, 1.82) is 0 Å². The van der Waals surface area contributed by atoms with E-state index in [1.807, 2.05) is 6.07 Å². The zero-order valence-electron chi connectivity index (χ0n) is 11.2. The third-order valence-electron chi connectivity index (χ3n) is 3.06. The molecule has 2 heteroatoms. The van der Waals surface area contributed by atoms with Crippen LogP contribution in [0.15, 0.2) is 30.3 Å². The molecule has 17 heavy (non-hydrogen) atoms. The maximum absolute atomic E-state index is 6.21. The molecule has 1 aromatic rings. The van der Waals surface area contributed by atoms with Gasteiger partial charge in [-0.2, -0.15) is 0 Å². The van der Waals surface area contributed by atoms with E-state index >= 15 is 0 Å². The van der Waals surface area contributed by atoms with Crippen molar-refractivity contribution in [3.8, 4) is 0 Å². The summed E-state index contributed by atoms with van der Waals surface area (Å²) in [6.07, 6.45) is 3.49. The van der Waals surface area contributed by atoms with E-state index in [-0.39, 0.29) is 6.04 Å². The molecule has 1 aromatic carbocycles. The second kappa shape index (κ2) is 8.26. The van der Waals surface area contributed by atoms with Gasteiger partial charge in [-0.25, -0.2) is 0 Å². The maximum Gasteiger partial charge on any atom is 0.0307 e. The van der Waals surface area contributed by atoms with Gasteiger partial charge in [-0.15, -0.1) is 0 Å². The van der Waals surface area contributed by atoms with E-state index in [4.69, 9.17) is 5.73 Å². The van der Waals surface area contributed by atoms with Gasteiger partial charge in [0.2, 0.25) is 0 Å². The summed E-state index contributed by atoms with van der Waals surface area (Å²) in [6.45, 7) is 7.96. The summed E-state index contributed by atoms with van der Waals surface area (Å²) in [5.74, 6) is 0. The van der Waals surface area contributed by atoms with Crippen LogP contribution in [-0.4, -0.2) is 24.5 Å². The van der Waals surface area contributed by atoms with Gasteiger partial charge in [0, 0.05) is 6.04 Å². The Labute approximate surface area is 106 Å². The predicted molar refractivity (Wildman–Crippen MR) is 75.0 cm³/mol. The summed E-state index contributed by atoms with van der Waals surface area (Å²) in [4.78, 5) is 2.52. The summed E-state index contributed by atoms with van der Waals surface area (Å²) in [5, 5.41) is 0. The molecule has 0 fully saturated rings. The van der Waals surface area contributed by atoms with Crippen LogP contribution in [0.4, 0.5) is 0 Å². The van der Waals surface area contributed by atoms with Gasteiger partial charge in [0.1, 0.15) is 0 Å². The van der Waals surface area contributed by atoms with Crippen LogP contribution in [0.3, 0.4) is 0 Å². The minimum absolute atomic E-state index is 0.174. The Balaban J connectivity index is 2.38. The van der Waals surface area contributed by atoms with Gasteiger partial charge in [0.25, 0.3) is 0 Å². The van der Waals surface area contributed by atoms with E-state index in [2.05, 4.69) is 43.0 Å². The van der Waals surface area contributed by atoms with Crippen molar-refractivity contribution < 1.29 is 0 Å². The van der Waals surface area contributed by atoms with E-state index in [1.165, 1.54) is 31.5 Å². The molecule has 0 saturated heterocycles. The normalized spacial score (nSPS) is 12.9. The molecule has 0 aliphatic heterocycles. The van der Waals surface area contributed by atoms with Crippen LogP contribution in [0, 0.1) is 0 Å². The van der Waals surface area contributed by atoms with E-state index in [0.29, 0.717) is 0 Å². The van der Waals surface area contributed by atoms with Crippen molar-refractivity contribution in [2.24, 2.45) is 5.73 Å². The van der Waals surface area contributed by atoms with Crippen molar-refractivity contribution in [3.63, 3.8) is 0 Å². The summed E-state index contributed by atoms with van der Waals surface area (Å²) >= 11 is 0. The molecule has 0 radical (unpaired) electrons. The maximum atomic E-state index is 6.21. The number of nitrogens with two attached hydrogens (primary N) is 1. The third-order valence-corrected chi connectivity index (χ3v) is 3.06. The molecular weight excluding hydrogens is 208 g/mol. The Kier molecular flexibility index (Phi) is 6.90. The summed E-state index contributed by atoms with van der Waals surface area (Å²) in [7, 11) is 0. The Morgan fingerprint density at radius 2 is 1.59 bits per heavy atom. The largest absolute Gasteiger partial charge is 0.324 e. The smallest absolute Gasteiger partial charge is 0.0307 e. The fourth-order valence-electron chi connectivity index (χ4n) is 2.16. The highest BCUT2D eigenvalue weighted by molar-refractivity contribution is 5.18. The lowest BCUT2D eigenvalue weighted by Gasteiger charge is -2.23. The Hall–Kier alpha value is -0.860. The average Bonchev–Trinajstić information content (AvgIpc) is 2.37. The number of hydrogen-bond donors (Lipinski definition) is 1. The predicted octanol–water partition coefficient (Wildman–Crippen LogP) is 3.20. The molecule has 96 valence electrons. The van der Waals surface area contributed by atoms with Gasteiger partial charge in [-0.1, -0.05) is 44.2 Å². The van der Waals surface area contributed by atoms with Crippen LogP contribution >= 0.6 is 0 Å². The van der Waals surface area contributed by atoms with Gasteiger partial charge in [-0.3, -0.25) is 0 Å². The topological polar surface area (TPSA) is 29.3 Å². The standard InChI is InChI=1S/C15H26N2/c1-3-11-17(12-4-2)13-10-15(16)14-8-6-5-7-9-14/h5-9,15H,3-4,10-13,16H2,1-2H3. The highest BCUT2D eigenvalue weighted by Crippen LogP contribution is 2.13. The van der Waals surface area contributed by atoms with Crippen molar-refractivity contribution >= 4 is 0 Å². The molecule has 0 aliphatic carbocycles. The van der Waals surface area contributed by atoms with Crippen molar-refractivity contribution in [3.05, 3.63) is 35.9 Å². The molecule has 2 nitrogen and oxygen atoms in total. The number of benzene rings is 1. The number of rotatable bonds is 8. The van der Waals surface area contributed by atoms with Crippen LogP contribution in [-0.2, 0) is 0 Å². The third kappa shape index (κ3) is 5.33. The highest BCUT2D eigenvalue weighted by Gasteiger charge is 2.08. The molecule has 0 spiro atoms. The Bertz CT molecular complexity index is 278. The summed E-state index contributed by atoms with van der Waals surface area (Å²) in [6, 6.07) is 10.6. The molecule has 0 heterocycles. The Morgan fingerprint density at radius 3 is 2.12 bits per heavy atom. The van der Waals surface area contributed by atoms with Crippen LogP contribution < -0.4 is 5.73 Å². The zero-order valence-corrected chi connectivity index (χ0v) is 11.2. The lowest BCUT2D eigenvalue weighted by molar-refractivity contribution is 0.264. The van der Waals surface area contributed by atoms with Crippen LogP contribution in [0.25, 0.3) is 0 Å². The first kappa shape index (κ1) is 14.2. The molecule has 1 unspecified atom stereocenters. The first-order chi connectivity index (χ1) is 8.27. The van der Waals surface area contributed by atoms with Crippen molar-refractivity contribution in [2.75, 3.05) is 19.6 Å². The molecule has 1 rings (SSSR count). The van der Waals surface area contributed by atoms with Crippen LogP contribution in [0.5, 0.6) is 0 Å². The van der Waals surface area contributed by atoms with Crippen LogP contribution in [0.1, 0.15) is 44.7 Å². The molecule has 0 aromatic heterocycles.